The Morgan fingerprint density at radius 2 is 1.80 bits per heavy atom. The van der Waals surface area contributed by atoms with Crippen LogP contribution >= 0.6 is 0 Å². The van der Waals surface area contributed by atoms with E-state index in [0.29, 0.717) is 16.9 Å². The fraction of sp³-hybridized carbons (Fsp3) is 0.211. The monoisotopic (exact) mass is 337 g/mol. The molecule has 6 heteroatoms. The summed E-state index contributed by atoms with van der Waals surface area (Å²) in [6, 6.07) is 13.5. The van der Waals surface area contributed by atoms with Crippen LogP contribution in [0.15, 0.2) is 48.5 Å². The van der Waals surface area contributed by atoms with E-state index < -0.39 is 6.04 Å². The Bertz CT molecular complexity index is 815. The van der Waals surface area contributed by atoms with Crippen molar-refractivity contribution in [1.29, 1.82) is 0 Å². The average molecular weight is 337 g/mol. The summed E-state index contributed by atoms with van der Waals surface area (Å²) in [7, 11) is 0. The molecule has 0 saturated heterocycles. The summed E-state index contributed by atoms with van der Waals surface area (Å²) in [6.45, 7) is 1.97. The lowest BCUT2D eigenvalue weighted by atomic mass is 10.1. The molecule has 1 atom stereocenters. The molecule has 25 heavy (non-hydrogen) atoms. The lowest BCUT2D eigenvalue weighted by Gasteiger charge is -2.14. The third-order valence-electron chi connectivity index (χ3n) is 4.05. The Labute approximate surface area is 145 Å². The first kappa shape index (κ1) is 16.7. The second-order valence-corrected chi connectivity index (χ2v) is 6.01. The molecule has 0 bridgehead atoms. The number of rotatable bonds is 4. The number of para-hydroxylation sites is 1. The van der Waals surface area contributed by atoms with Crippen molar-refractivity contribution >= 4 is 29.1 Å². The third-order valence-corrected chi connectivity index (χ3v) is 4.05. The van der Waals surface area contributed by atoms with Crippen LogP contribution in [0.4, 0.5) is 11.4 Å². The van der Waals surface area contributed by atoms with Gasteiger partial charge in [0.2, 0.25) is 11.8 Å². The molecule has 2 aromatic rings. The van der Waals surface area contributed by atoms with Crippen molar-refractivity contribution in [3.8, 4) is 0 Å². The summed E-state index contributed by atoms with van der Waals surface area (Å²) in [5, 5.41) is 8.19. The Morgan fingerprint density at radius 3 is 2.56 bits per heavy atom. The Morgan fingerprint density at radius 1 is 1.08 bits per heavy atom. The van der Waals surface area contributed by atoms with Gasteiger partial charge in [-0.15, -0.1) is 0 Å². The molecular weight excluding hydrogens is 318 g/mol. The van der Waals surface area contributed by atoms with Gasteiger partial charge < -0.3 is 16.0 Å². The minimum absolute atomic E-state index is 0.128. The molecule has 0 spiro atoms. The fourth-order valence-corrected chi connectivity index (χ4v) is 2.65. The summed E-state index contributed by atoms with van der Waals surface area (Å²) in [4.78, 5) is 36.6. The number of hydrogen-bond donors (Lipinski definition) is 3. The van der Waals surface area contributed by atoms with E-state index in [1.807, 2.05) is 31.2 Å². The second-order valence-electron chi connectivity index (χ2n) is 6.01. The number of hydrogen-bond acceptors (Lipinski definition) is 3. The second kappa shape index (κ2) is 7.17. The van der Waals surface area contributed by atoms with Gasteiger partial charge in [0.25, 0.3) is 5.91 Å². The van der Waals surface area contributed by atoms with Crippen molar-refractivity contribution in [2.75, 3.05) is 10.6 Å². The number of amides is 3. The van der Waals surface area contributed by atoms with Crippen LogP contribution in [-0.2, 0) is 9.59 Å². The smallest absolute Gasteiger partial charge is 0.254 e. The van der Waals surface area contributed by atoms with E-state index in [2.05, 4.69) is 16.0 Å². The molecule has 3 amide bonds. The maximum atomic E-state index is 12.3. The van der Waals surface area contributed by atoms with Crippen LogP contribution in [0, 0.1) is 6.92 Å². The van der Waals surface area contributed by atoms with Crippen LogP contribution < -0.4 is 16.0 Å². The van der Waals surface area contributed by atoms with Crippen molar-refractivity contribution < 1.29 is 14.4 Å². The molecule has 0 radical (unpaired) electrons. The van der Waals surface area contributed by atoms with Crippen LogP contribution in [-0.4, -0.2) is 23.8 Å². The van der Waals surface area contributed by atoms with Gasteiger partial charge in [0.1, 0.15) is 6.04 Å². The highest BCUT2D eigenvalue weighted by Crippen LogP contribution is 2.19. The topological polar surface area (TPSA) is 87.3 Å². The Balaban J connectivity index is 1.59. The predicted octanol–water partition coefficient (Wildman–Crippen LogP) is 2.46. The van der Waals surface area contributed by atoms with Crippen molar-refractivity contribution in [2.45, 2.75) is 25.8 Å². The highest BCUT2D eigenvalue weighted by atomic mass is 16.2. The van der Waals surface area contributed by atoms with Gasteiger partial charge in [0.05, 0.1) is 11.3 Å². The van der Waals surface area contributed by atoms with Crippen molar-refractivity contribution in [3.63, 3.8) is 0 Å². The molecule has 2 aromatic carbocycles. The summed E-state index contributed by atoms with van der Waals surface area (Å²) in [5.41, 5.74) is 2.71. The van der Waals surface area contributed by atoms with E-state index in [0.717, 1.165) is 5.56 Å². The van der Waals surface area contributed by atoms with Gasteiger partial charge in [-0.3, -0.25) is 14.4 Å². The van der Waals surface area contributed by atoms with Crippen LogP contribution in [0.1, 0.15) is 28.8 Å². The van der Waals surface area contributed by atoms with E-state index in [9.17, 15) is 14.4 Å². The molecule has 1 aliphatic heterocycles. The number of aryl methyl sites for hydroxylation is 1. The molecule has 0 unspecified atom stereocenters. The van der Waals surface area contributed by atoms with Gasteiger partial charge in [-0.2, -0.15) is 0 Å². The van der Waals surface area contributed by atoms with Gasteiger partial charge in [-0.05, 0) is 37.6 Å². The molecule has 0 aliphatic carbocycles. The Kier molecular flexibility index (Phi) is 4.79. The Hall–Kier alpha value is -3.15. The first-order chi connectivity index (χ1) is 12.0. The molecule has 3 N–H and O–H groups in total. The average Bonchev–Trinajstić information content (AvgIpc) is 2.72. The van der Waals surface area contributed by atoms with E-state index in [1.165, 1.54) is 0 Å². The third kappa shape index (κ3) is 4.03. The van der Waals surface area contributed by atoms with E-state index >= 15 is 0 Å². The lowest BCUT2D eigenvalue weighted by molar-refractivity contribution is -0.118. The first-order valence-electron chi connectivity index (χ1n) is 8.10. The molecule has 1 aliphatic rings. The van der Waals surface area contributed by atoms with Crippen LogP contribution in [0.5, 0.6) is 0 Å². The predicted molar refractivity (Wildman–Crippen MR) is 95.4 cm³/mol. The largest absolute Gasteiger partial charge is 0.340 e. The fourth-order valence-electron chi connectivity index (χ4n) is 2.65. The van der Waals surface area contributed by atoms with E-state index in [4.69, 9.17) is 0 Å². The summed E-state index contributed by atoms with van der Waals surface area (Å²) >= 11 is 0. The molecule has 128 valence electrons. The van der Waals surface area contributed by atoms with Gasteiger partial charge in [0, 0.05) is 12.1 Å². The molecule has 0 aromatic heterocycles. The maximum Gasteiger partial charge on any atom is 0.254 e. The molecule has 0 saturated carbocycles. The summed E-state index contributed by atoms with van der Waals surface area (Å²) in [6.07, 6.45) is 0.353. The summed E-state index contributed by atoms with van der Waals surface area (Å²) in [5.74, 6) is -0.841. The highest BCUT2D eigenvalue weighted by Gasteiger charge is 2.27. The molecule has 0 fully saturated rings. The van der Waals surface area contributed by atoms with Crippen LogP contribution in [0.3, 0.4) is 0 Å². The van der Waals surface area contributed by atoms with Gasteiger partial charge >= 0.3 is 0 Å². The zero-order chi connectivity index (χ0) is 17.8. The lowest BCUT2D eigenvalue weighted by Crippen LogP contribution is -2.41. The minimum atomic E-state index is -0.747. The number of anilines is 2. The standard InChI is InChI=1S/C19H19N3O3/c1-12-6-8-13(9-7-12)20-17(23)11-10-16-19(25)21-15-5-3-2-4-14(15)18(24)22-16/h2-9,16H,10-11H2,1H3,(H,20,23)(H,21,25)(H,22,24)/t16-/m1/s1. The first-order valence-corrected chi connectivity index (χ1v) is 8.10. The van der Waals surface area contributed by atoms with Gasteiger partial charge in [0.15, 0.2) is 0 Å². The number of nitrogens with one attached hydrogen (secondary N) is 3. The van der Waals surface area contributed by atoms with Crippen molar-refractivity contribution in [2.24, 2.45) is 0 Å². The minimum Gasteiger partial charge on any atom is -0.340 e. The van der Waals surface area contributed by atoms with Crippen LogP contribution in [0.25, 0.3) is 0 Å². The molecule has 3 rings (SSSR count). The highest BCUT2D eigenvalue weighted by molar-refractivity contribution is 6.09. The zero-order valence-electron chi connectivity index (χ0n) is 13.8. The SMILES string of the molecule is Cc1ccc(NC(=O)CC[C@H]2NC(=O)c3ccccc3NC2=O)cc1. The van der Waals surface area contributed by atoms with Crippen molar-refractivity contribution in [1.82, 2.24) is 5.32 Å². The summed E-state index contributed by atoms with van der Waals surface area (Å²) < 4.78 is 0. The molecule has 6 nitrogen and oxygen atoms in total. The quantitative estimate of drug-likeness (QED) is 0.801. The molecule has 1 heterocycles. The van der Waals surface area contributed by atoms with Crippen molar-refractivity contribution in [3.05, 3.63) is 59.7 Å². The zero-order valence-corrected chi connectivity index (χ0v) is 13.8. The number of fused-ring (bicyclic) bond motifs is 1. The number of carbonyl (C=O) groups excluding carboxylic acids is 3. The normalized spacial score (nSPS) is 16.3. The van der Waals surface area contributed by atoms with E-state index in [1.54, 1.807) is 24.3 Å². The number of benzene rings is 2. The van der Waals surface area contributed by atoms with Gasteiger partial charge in [-0.25, -0.2) is 0 Å². The van der Waals surface area contributed by atoms with E-state index in [-0.39, 0.29) is 30.6 Å². The van der Waals surface area contributed by atoms with Crippen LogP contribution in [0.2, 0.25) is 0 Å². The molecular formula is C19H19N3O3. The maximum absolute atomic E-state index is 12.3. The van der Waals surface area contributed by atoms with Gasteiger partial charge in [-0.1, -0.05) is 29.8 Å². The number of carbonyl (C=O) groups is 3.